The van der Waals surface area contributed by atoms with Crippen LogP contribution in [-0.4, -0.2) is 64.4 Å². The molecule has 1 rings (SSSR count). The van der Waals surface area contributed by atoms with Crippen molar-refractivity contribution in [3.8, 4) is 0 Å². The van der Waals surface area contributed by atoms with Gasteiger partial charge in [0, 0.05) is 12.6 Å². The summed E-state index contributed by atoms with van der Waals surface area (Å²) in [5, 5.41) is 20.9. The molecule has 0 aliphatic heterocycles. The van der Waals surface area contributed by atoms with Crippen molar-refractivity contribution in [2.24, 2.45) is 0 Å². The third-order valence-corrected chi connectivity index (χ3v) is 4.47. The minimum atomic E-state index is -1.01. The molecule has 1 atom stereocenters. The van der Waals surface area contributed by atoms with E-state index in [1.807, 2.05) is 6.26 Å². The fraction of sp³-hybridized carbons (Fsp3) is 0.857. The summed E-state index contributed by atoms with van der Waals surface area (Å²) in [6, 6.07) is -1.12. The molecule has 0 heterocycles. The van der Waals surface area contributed by atoms with Crippen molar-refractivity contribution in [1.29, 1.82) is 0 Å². The predicted octanol–water partition coefficient (Wildman–Crippen LogP) is 1.53. The molecule has 0 spiro atoms. The van der Waals surface area contributed by atoms with Gasteiger partial charge in [0.05, 0.1) is 6.61 Å². The highest BCUT2D eigenvalue weighted by molar-refractivity contribution is 7.98. The number of carboxylic acid groups (broad SMARTS) is 1. The van der Waals surface area contributed by atoms with E-state index < -0.39 is 12.0 Å². The van der Waals surface area contributed by atoms with Crippen molar-refractivity contribution in [3.05, 3.63) is 0 Å². The Morgan fingerprint density at radius 3 is 2.52 bits per heavy atom. The number of thioether (sulfide) groups is 1. The highest BCUT2D eigenvalue weighted by Crippen LogP contribution is 2.22. The first-order valence-corrected chi connectivity index (χ1v) is 8.89. The molecule has 1 fully saturated rings. The quantitative estimate of drug-likeness (QED) is 0.631. The van der Waals surface area contributed by atoms with Crippen molar-refractivity contribution in [3.63, 3.8) is 0 Å². The van der Waals surface area contributed by atoms with E-state index in [0.717, 1.165) is 25.7 Å². The lowest BCUT2D eigenvalue weighted by atomic mass is 9.94. The second kappa shape index (κ2) is 9.89. The number of hydrogen-bond acceptors (Lipinski definition) is 4. The smallest absolute Gasteiger partial charge is 0.326 e. The van der Waals surface area contributed by atoms with Crippen LogP contribution in [0.25, 0.3) is 0 Å². The van der Waals surface area contributed by atoms with Gasteiger partial charge in [0.25, 0.3) is 0 Å². The molecule has 1 aliphatic carbocycles. The maximum absolute atomic E-state index is 12.3. The molecule has 1 unspecified atom stereocenters. The maximum Gasteiger partial charge on any atom is 0.326 e. The summed E-state index contributed by atoms with van der Waals surface area (Å²) in [5.41, 5.74) is 0. The van der Waals surface area contributed by atoms with Crippen LogP contribution in [0.1, 0.15) is 38.5 Å². The van der Waals surface area contributed by atoms with Gasteiger partial charge in [-0.25, -0.2) is 9.59 Å². The largest absolute Gasteiger partial charge is 0.480 e. The SMILES string of the molecule is CSCCC(NC(=O)N(CCO)C1CCCCC1)C(=O)O. The van der Waals surface area contributed by atoms with E-state index in [-0.39, 0.29) is 25.2 Å². The summed E-state index contributed by atoms with van der Waals surface area (Å²) in [4.78, 5) is 25.2. The number of aliphatic hydroxyl groups excluding tert-OH is 1. The third-order valence-electron chi connectivity index (χ3n) is 3.82. The molecule has 7 heteroatoms. The minimum Gasteiger partial charge on any atom is -0.480 e. The number of hydrogen-bond donors (Lipinski definition) is 3. The highest BCUT2D eigenvalue weighted by atomic mass is 32.2. The lowest BCUT2D eigenvalue weighted by Crippen LogP contribution is -2.52. The zero-order valence-corrected chi connectivity index (χ0v) is 13.4. The number of nitrogens with zero attached hydrogens (tertiary/aromatic N) is 1. The van der Waals surface area contributed by atoms with Crippen LogP contribution < -0.4 is 5.32 Å². The number of aliphatic carboxylic acids is 1. The Hall–Kier alpha value is -0.950. The van der Waals surface area contributed by atoms with Crippen molar-refractivity contribution < 1.29 is 19.8 Å². The van der Waals surface area contributed by atoms with E-state index in [9.17, 15) is 14.7 Å². The second-order valence-electron chi connectivity index (χ2n) is 5.33. The van der Waals surface area contributed by atoms with Crippen LogP contribution in [0.2, 0.25) is 0 Å². The van der Waals surface area contributed by atoms with Gasteiger partial charge >= 0.3 is 12.0 Å². The lowest BCUT2D eigenvalue weighted by molar-refractivity contribution is -0.139. The van der Waals surface area contributed by atoms with Crippen LogP contribution in [0.5, 0.6) is 0 Å². The zero-order chi connectivity index (χ0) is 15.7. The monoisotopic (exact) mass is 318 g/mol. The molecule has 0 radical (unpaired) electrons. The number of aliphatic hydroxyl groups is 1. The van der Waals surface area contributed by atoms with Crippen LogP contribution in [0.3, 0.4) is 0 Å². The van der Waals surface area contributed by atoms with Gasteiger partial charge in [-0.15, -0.1) is 0 Å². The summed E-state index contributed by atoms with van der Waals surface area (Å²) in [5.74, 6) is -0.328. The van der Waals surface area contributed by atoms with Gasteiger partial charge in [0.1, 0.15) is 6.04 Å². The fourth-order valence-electron chi connectivity index (χ4n) is 2.68. The minimum absolute atomic E-state index is 0.105. The molecule has 21 heavy (non-hydrogen) atoms. The van der Waals surface area contributed by atoms with Crippen LogP contribution in [-0.2, 0) is 4.79 Å². The molecular weight excluding hydrogens is 292 g/mol. The Bertz CT molecular complexity index is 335. The van der Waals surface area contributed by atoms with E-state index in [1.165, 1.54) is 6.42 Å². The average Bonchev–Trinajstić information content (AvgIpc) is 2.49. The Morgan fingerprint density at radius 1 is 1.33 bits per heavy atom. The topological polar surface area (TPSA) is 89.9 Å². The summed E-state index contributed by atoms with van der Waals surface area (Å²) in [7, 11) is 0. The zero-order valence-electron chi connectivity index (χ0n) is 12.6. The molecule has 0 aromatic rings. The number of nitrogens with one attached hydrogen (secondary N) is 1. The van der Waals surface area contributed by atoms with Crippen molar-refractivity contribution in [1.82, 2.24) is 10.2 Å². The standard InChI is InChI=1S/C14H26N2O4S/c1-21-10-7-12(13(18)19)15-14(20)16(8-9-17)11-5-3-2-4-6-11/h11-12,17H,2-10H2,1H3,(H,15,20)(H,18,19). The van der Waals surface area contributed by atoms with Gasteiger partial charge < -0.3 is 20.4 Å². The predicted molar refractivity (Wildman–Crippen MR) is 83.6 cm³/mol. The van der Waals surface area contributed by atoms with Gasteiger partial charge in [-0.2, -0.15) is 11.8 Å². The molecule has 1 aliphatic rings. The number of carbonyl (C=O) groups excluding carboxylic acids is 1. The first-order chi connectivity index (χ1) is 10.1. The Kier molecular flexibility index (Phi) is 8.52. The van der Waals surface area contributed by atoms with Gasteiger partial charge in [-0.1, -0.05) is 19.3 Å². The van der Waals surface area contributed by atoms with Crippen molar-refractivity contribution in [2.75, 3.05) is 25.2 Å². The maximum atomic E-state index is 12.3. The molecule has 0 bridgehead atoms. The van der Waals surface area contributed by atoms with Crippen LogP contribution >= 0.6 is 11.8 Å². The molecular formula is C14H26N2O4S. The Balaban J connectivity index is 2.63. The molecule has 6 nitrogen and oxygen atoms in total. The van der Waals surface area contributed by atoms with Gasteiger partial charge in [-0.3, -0.25) is 0 Å². The number of rotatable bonds is 8. The van der Waals surface area contributed by atoms with E-state index in [0.29, 0.717) is 12.2 Å². The molecule has 2 amide bonds. The fourth-order valence-corrected chi connectivity index (χ4v) is 3.15. The normalized spacial score (nSPS) is 17.2. The third kappa shape index (κ3) is 6.13. The molecule has 1 saturated carbocycles. The van der Waals surface area contributed by atoms with E-state index in [2.05, 4.69) is 5.32 Å². The first kappa shape index (κ1) is 18.1. The van der Waals surface area contributed by atoms with Crippen LogP contribution in [0.15, 0.2) is 0 Å². The van der Waals surface area contributed by atoms with Gasteiger partial charge in [-0.05, 0) is 31.3 Å². The molecule has 0 aromatic heterocycles. The summed E-state index contributed by atoms with van der Waals surface area (Å²) in [6.45, 7) is 0.151. The van der Waals surface area contributed by atoms with Crippen LogP contribution in [0.4, 0.5) is 4.79 Å². The van der Waals surface area contributed by atoms with Gasteiger partial charge in [0.15, 0.2) is 0 Å². The summed E-state index contributed by atoms with van der Waals surface area (Å²) in [6.07, 6.45) is 7.49. The van der Waals surface area contributed by atoms with Crippen LogP contribution in [0, 0.1) is 0 Å². The highest BCUT2D eigenvalue weighted by Gasteiger charge is 2.28. The summed E-state index contributed by atoms with van der Waals surface area (Å²) < 4.78 is 0. The molecule has 0 saturated heterocycles. The molecule has 122 valence electrons. The Labute approximate surface area is 130 Å². The molecule has 0 aromatic carbocycles. The average molecular weight is 318 g/mol. The van der Waals surface area contributed by atoms with E-state index in [1.54, 1.807) is 16.7 Å². The van der Waals surface area contributed by atoms with Crippen molar-refractivity contribution in [2.45, 2.75) is 50.6 Å². The number of carbonyl (C=O) groups is 2. The number of amides is 2. The van der Waals surface area contributed by atoms with E-state index >= 15 is 0 Å². The summed E-state index contributed by atoms with van der Waals surface area (Å²) >= 11 is 1.55. The van der Waals surface area contributed by atoms with Crippen molar-refractivity contribution >= 4 is 23.8 Å². The lowest BCUT2D eigenvalue weighted by Gasteiger charge is -2.34. The Morgan fingerprint density at radius 2 is 2.00 bits per heavy atom. The van der Waals surface area contributed by atoms with Gasteiger partial charge in [0.2, 0.25) is 0 Å². The number of carboxylic acids is 1. The number of urea groups is 1. The van der Waals surface area contributed by atoms with E-state index in [4.69, 9.17) is 5.11 Å². The first-order valence-electron chi connectivity index (χ1n) is 7.50. The second-order valence-corrected chi connectivity index (χ2v) is 6.32. The molecule has 3 N–H and O–H groups in total.